The third-order valence-electron chi connectivity index (χ3n) is 1.53. The first-order valence-corrected chi connectivity index (χ1v) is 4.55. The third-order valence-corrected chi connectivity index (χ3v) is 2.55. The summed E-state index contributed by atoms with van der Waals surface area (Å²) in [5.74, 6) is 1.82. The SMILES string of the molecule is Cl.FC(F)C1CCSCCN1. The van der Waals surface area contributed by atoms with Gasteiger partial charge < -0.3 is 5.32 Å². The first kappa shape index (κ1) is 11.5. The number of rotatable bonds is 1. The normalized spacial score (nSPS) is 25.9. The van der Waals surface area contributed by atoms with Gasteiger partial charge in [-0.05, 0) is 12.2 Å². The van der Waals surface area contributed by atoms with Gasteiger partial charge in [0, 0.05) is 12.3 Å². The minimum atomic E-state index is -2.20. The summed E-state index contributed by atoms with van der Waals surface area (Å²) >= 11 is 1.74. The Morgan fingerprint density at radius 2 is 2.09 bits per heavy atom. The monoisotopic (exact) mass is 203 g/mol. The van der Waals surface area contributed by atoms with Crippen LogP contribution in [-0.2, 0) is 0 Å². The van der Waals surface area contributed by atoms with Crippen molar-refractivity contribution in [3.05, 3.63) is 0 Å². The number of halogens is 3. The van der Waals surface area contributed by atoms with Crippen LogP contribution >= 0.6 is 24.2 Å². The van der Waals surface area contributed by atoms with Crippen LogP contribution in [0.4, 0.5) is 8.78 Å². The van der Waals surface area contributed by atoms with E-state index < -0.39 is 12.5 Å². The Hall–Kier alpha value is 0.460. The van der Waals surface area contributed by atoms with Gasteiger partial charge in [0.2, 0.25) is 0 Å². The average molecular weight is 204 g/mol. The Balaban J connectivity index is 0.000001000. The van der Waals surface area contributed by atoms with Crippen molar-refractivity contribution in [2.45, 2.75) is 18.9 Å². The molecule has 1 aliphatic heterocycles. The summed E-state index contributed by atoms with van der Waals surface area (Å²) in [5.41, 5.74) is 0. The molecule has 1 fully saturated rings. The second-order valence-corrected chi connectivity index (χ2v) is 3.52. The molecule has 0 aromatic heterocycles. The molecular formula is C6H12ClF2NS. The molecule has 68 valence electrons. The predicted molar refractivity (Wildman–Crippen MR) is 47.0 cm³/mol. The van der Waals surface area contributed by atoms with Crippen molar-refractivity contribution in [1.82, 2.24) is 5.32 Å². The van der Waals surface area contributed by atoms with Gasteiger partial charge in [-0.3, -0.25) is 0 Å². The first-order chi connectivity index (χ1) is 4.80. The molecule has 1 nitrogen and oxygen atoms in total. The zero-order valence-corrected chi connectivity index (χ0v) is 7.69. The fourth-order valence-corrected chi connectivity index (χ4v) is 1.83. The minimum absolute atomic E-state index is 0. The molecule has 0 amide bonds. The molecule has 1 N–H and O–H groups in total. The molecule has 1 unspecified atom stereocenters. The smallest absolute Gasteiger partial charge is 0.253 e. The summed E-state index contributed by atoms with van der Waals surface area (Å²) in [7, 11) is 0. The number of nitrogens with one attached hydrogen (secondary N) is 1. The van der Waals surface area contributed by atoms with Gasteiger partial charge in [0.15, 0.2) is 0 Å². The third kappa shape index (κ3) is 4.13. The van der Waals surface area contributed by atoms with Crippen molar-refractivity contribution in [1.29, 1.82) is 0 Å². The Morgan fingerprint density at radius 1 is 1.36 bits per heavy atom. The molecule has 1 rings (SSSR count). The second kappa shape index (κ2) is 6.03. The Kier molecular flexibility index (Phi) is 6.28. The molecule has 11 heavy (non-hydrogen) atoms. The highest BCUT2D eigenvalue weighted by molar-refractivity contribution is 7.99. The first-order valence-electron chi connectivity index (χ1n) is 3.40. The van der Waals surface area contributed by atoms with E-state index in [-0.39, 0.29) is 12.4 Å². The van der Waals surface area contributed by atoms with Gasteiger partial charge >= 0.3 is 0 Å². The van der Waals surface area contributed by atoms with Crippen LogP contribution in [0.25, 0.3) is 0 Å². The maximum absolute atomic E-state index is 12.0. The minimum Gasteiger partial charge on any atom is -0.308 e. The van der Waals surface area contributed by atoms with Gasteiger partial charge in [0.1, 0.15) is 0 Å². The Morgan fingerprint density at radius 3 is 2.73 bits per heavy atom. The molecule has 1 saturated heterocycles. The maximum atomic E-state index is 12.0. The quantitative estimate of drug-likeness (QED) is 0.697. The van der Waals surface area contributed by atoms with E-state index >= 15 is 0 Å². The Bertz CT molecular complexity index is 96.6. The second-order valence-electron chi connectivity index (χ2n) is 2.30. The Labute approximate surface area is 75.7 Å². The zero-order chi connectivity index (χ0) is 7.40. The van der Waals surface area contributed by atoms with Gasteiger partial charge in [-0.1, -0.05) is 0 Å². The van der Waals surface area contributed by atoms with E-state index in [0.29, 0.717) is 6.42 Å². The highest BCUT2D eigenvalue weighted by atomic mass is 35.5. The van der Waals surface area contributed by atoms with E-state index in [1.165, 1.54) is 0 Å². The van der Waals surface area contributed by atoms with E-state index in [9.17, 15) is 8.78 Å². The largest absolute Gasteiger partial charge is 0.308 e. The molecular weight excluding hydrogens is 192 g/mol. The van der Waals surface area contributed by atoms with Gasteiger partial charge in [-0.2, -0.15) is 11.8 Å². The highest BCUT2D eigenvalue weighted by Gasteiger charge is 2.20. The standard InChI is InChI=1S/C6H11F2NS.ClH/c7-6(8)5-1-3-10-4-2-9-5;/h5-6,9H,1-4H2;1H. The van der Waals surface area contributed by atoms with E-state index in [1.54, 1.807) is 11.8 Å². The van der Waals surface area contributed by atoms with Crippen molar-refractivity contribution < 1.29 is 8.78 Å². The van der Waals surface area contributed by atoms with E-state index in [0.717, 1.165) is 18.1 Å². The summed E-state index contributed by atoms with van der Waals surface area (Å²) in [6.45, 7) is 0.722. The summed E-state index contributed by atoms with van der Waals surface area (Å²) in [4.78, 5) is 0. The molecule has 5 heteroatoms. The lowest BCUT2D eigenvalue weighted by molar-refractivity contribution is 0.0986. The van der Waals surface area contributed by atoms with Crippen LogP contribution in [0.15, 0.2) is 0 Å². The lowest BCUT2D eigenvalue weighted by Gasteiger charge is -2.12. The van der Waals surface area contributed by atoms with Crippen molar-refractivity contribution in [2.24, 2.45) is 0 Å². The lowest BCUT2D eigenvalue weighted by Crippen LogP contribution is -2.35. The van der Waals surface area contributed by atoms with E-state index in [1.807, 2.05) is 0 Å². The number of thioether (sulfide) groups is 1. The maximum Gasteiger partial charge on any atom is 0.253 e. The zero-order valence-electron chi connectivity index (χ0n) is 6.06. The molecule has 1 heterocycles. The van der Waals surface area contributed by atoms with Crippen LogP contribution in [0.2, 0.25) is 0 Å². The summed E-state index contributed by atoms with van der Waals surface area (Å²) in [6, 6.07) is -0.560. The molecule has 0 spiro atoms. The van der Waals surface area contributed by atoms with Gasteiger partial charge in [0.25, 0.3) is 6.43 Å². The van der Waals surface area contributed by atoms with Crippen LogP contribution in [0, 0.1) is 0 Å². The molecule has 0 aliphatic carbocycles. The number of alkyl halides is 2. The number of hydrogen-bond acceptors (Lipinski definition) is 2. The summed E-state index contributed by atoms with van der Waals surface area (Å²) < 4.78 is 24.1. The summed E-state index contributed by atoms with van der Waals surface area (Å²) in [6.07, 6.45) is -1.60. The van der Waals surface area contributed by atoms with Crippen LogP contribution in [0.5, 0.6) is 0 Å². The van der Waals surface area contributed by atoms with Crippen LogP contribution in [0.1, 0.15) is 6.42 Å². The molecule has 1 aliphatic rings. The van der Waals surface area contributed by atoms with Gasteiger partial charge in [0.05, 0.1) is 6.04 Å². The highest BCUT2D eigenvalue weighted by Crippen LogP contribution is 2.13. The molecule has 0 bridgehead atoms. The average Bonchev–Trinajstić information content (AvgIpc) is 2.12. The topological polar surface area (TPSA) is 12.0 Å². The molecule has 0 radical (unpaired) electrons. The number of hydrogen-bond donors (Lipinski definition) is 1. The lowest BCUT2D eigenvalue weighted by atomic mass is 10.2. The van der Waals surface area contributed by atoms with Crippen LogP contribution < -0.4 is 5.32 Å². The predicted octanol–water partition coefficient (Wildman–Crippen LogP) is 1.77. The van der Waals surface area contributed by atoms with Crippen molar-refractivity contribution >= 4 is 24.2 Å². The fraction of sp³-hybridized carbons (Fsp3) is 1.00. The van der Waals surface area contributed by atoms with E-state index in [4.69, 9.17) is 0 Å². The molecule has 0 saturated carbocycles. The van der Waals surface area contributed by atoms with Crippen molar-refractivity contribution in [3.8, 4) is 0 Å². The molecule has 0 aromatic rings. The van der Waals surface area contributed by atoms with Gasteiger partial charge in [-0.15, -0.1) is 12.4 Å². The fourth-order valence-electron chi connectivity index (χ4n) is 0.946. The van der Waals surface area contributed by atoms with Crippen LogP contribution in [0.3, 0.4) is 0 Å². The molecule has 1 atom stereocenters. The van der Waals surface area contributed by atoms with Crippen molar-refractivity contribution in [2.75, 3.05) is 18.1 Å². The summed E-state index contributed by atoms with van der Waals surface area (Å²) in [5, 5.41) is 2.81. The van der Waals surface area contributed by atoms with E-state index in [2.05, 4.69) is 5.32 Å². The van der Waals surface area contributed by atoms with Gasteiger partial charge in [-0.25, -0.2) is 8.78 Å². The van der Waals surface area contributed by atoms with Crippen molar-refractivity contribution in [3.63, 3.8) is 0 Å². The molecule has 0 aromatic carbocycles. The van der Waals surface area contributed by atoms with Crippen LogP contribution in [-0.4, -0.2) is 30.5 Å².